The second-order valence-corrected chi connectivity index (χ2v) is 18.1. The first kappa shape index (κ1) is 39.6. The van der Waals surface area contributed by atoms with E-state index in [4.69, 9.17) is 21.3 Å². The van der Waals surface area contributed by atoms with Gasteiger partial charge in [-0.15, -0.1) is 0 Å². The van der Waals surface area contributed by atoms with Crippen LogP contribution in [0.25, 0.3) is 5.57 Å². The molecule has 5 heterocycles. The zero-order chi connectivity index (χ0) is 40.9. The summed E-state index contributed by atoms with van der Waals surface area (Å²) < 4.78 is 6.38. The van der Waals surface area contributed by atoms with E-state index in [1.807, 2.05) is 24.3 Å². The molecule has 0 radical (unpaired) electrons. The van der Waals surface area contributed by atoms with Crippen molar-refractivity contribution in [2.75, 3.05) is 37.6 Å². The number of halogens is 1. The van der Waals surface area contributed by atoms with E-state index in [0.717, 1.165) is 68.9 Å². The SMILES string of the molecule is CC1(C)C(NC(=O)c2ccc(N3CCC(CN4CC=C(c5ccc6c(c5)CN(C5CCC(=O)NC5=O)C6=O)CC4)CC3)nc2)C(C)(C)C1Oc1ccc(C#N)c(Cl)c1. The lowest BCUT2D eigenvalue weighted by Crippen LogP contribution is -2.74. The lowest BCUT2D eigenvalue weighted by molar-refractivity contribution is -0.164. The van der Waals surface area contributed by atoms with Crippen LogP contribution >= 0.6 is 11.6 Å². The van der Waals surface area contributed by atoms with Gasteiger partial charge in [-0.1, -0.05) is 51.4 Å². The fourth-order valence-electron chi connectivity index (χ4n) is 10.1. The number of nitrogens with zero attached hydrogens (tertiary/aromatic N) is 5. The van der Waals surface area contributed by atoms with Crippen LogP contribution in [0.5, 0.6) is 5.75 Å². The summed E-state index contributed by atoms with van der Waals surface area (Å²) in [6.07, 6.45) is 7.48. The van der Waals surface area contributed by atoms with Crippen molar-refractivity contribution in [2.24, 2.45) is 16.7 Å². The Bertz CT molecular complexity index is 2210. The van der Waals surface area contributed by atoms with Gasteiger partial charge in [0, 0.05) is 80.4 Å². The Morgan fingerprint density at radius 3 is 2.43 bits per heavy atom. The molecule has 1 saturated carbocycles. The van der Waals surface area contributed by atoms with E-state index in [9.17, 15) is 24.4 Å². The Hall–Kier alpha value is -5.25. The van der Waals surface area contributed by atoms with Crippen LogP contribution < -0.4 is 20.3 Å². The normalized spacial score (nSPS) is 24.3. The number of carbonyl (C=O) groups excluding carboxylic acids is 4. The van der Waals surface area contributed by atoms with Crippen molar-refractivity contribution < 1.29 is 23.9 Å². The van der Waals surface area contributed by atoms with Crippen LogP contribution in [0.1, 0.15) is 97.2 Å². The van der Waals surface area contributed by atoms with Gasteiger partial charge in [-0.2, -0.15) is 5.26 Å². The van der Waals surface area contributed by atoms with E-state index >= 15 is 0 Å². The first-order chi connectivity index (χ1) is 27.7. The molecule has 3 aromatic rings. The minimum Gasteiger partial charge on any atom is -0.489 e. The summed E-state index contributed by atoms with van der Waals surface area (Å²) in [7, 11) is 0. The maximum Gasteiger partial charge on any atom is 0.255 e. The Kier molecular flexibility index (Phi) is 10.6. The summed E-state index contributed by atoms with van der Waals surface area (Å²) in [6, 6.07) is 16.2. The summed E-state index contributed by atoms with van der Waals surface area (Å²) in [5.41, 5.74) is 4.19. The summed E-state index contributed by atoms with van der Waals surface area (Å²) in [4.78, 5) is 61.8. The fourth-order valence-corrected chi connectivity index (χ4v) is 10.4. The number of piperidine rings is 2. The number of hydrogen-bond acceptors (Lipinski definition) is 9. The molecule has 2 aromatic carbocycles. The van der Waals surface area contributed by atoms with Gasteiger partial charge in [-0.25, -0.2) is 4.98 Å². The average Bonchev–Trinajstić information content (AvgIpc) is 3.54. The van der Waals surface area contributed by atoms with Crippen molar-refractivity contribution in [3.63, 3.8) is 0 Å². The van der Waals surface area contributed by atoms with Crippen molar-refractivity contribution in [3.8, 4) is 11.8 Å². The van der Waals surface area contributed by atoms with Crippen LogP contribution in [0.15, 0.2) is 60.8 Å². The number of benzene rings is 2. The predicted octanol–water partition coefficient (Wildman–Crippen LogP) is 5.99. The number of pyridine rings is 1. The lowest BCUT2D eigenvalue weighted by Gasteiger charge is -2.63. The second-order valence-electron chi connectivity index (χ2n) is 17.6. The van der Waals surface area contributed by atoms with E-state index < -0.39 is 6.04 Å². The average molecular weight is 804 g/mol. The molecule has 12 nitrogen and oxygen atoms in total. The molecule has 1 unspecified atom stereocenters. The third kappa shape index (κ3) is 7.46. The summed E-state index contributed by atoms with van der Waals surface area (Å²) >= 11 is 6.25. The highest BCUT2D eigenvalue weighted by Gasteiger charge is 2.64. The molecule has 1 aromatic heterocycles. The van der Waals surface area contributed by atoms with E-state index in [2.05, 4.69) is 66.3 Å². The third-order valence-electron chi connectivity index (χ3n) is 13.1. The summed E-state index contributed by atoms with van der Waals surface area (Å²) in [5, 5.41) is 15.2. The monoisotopic (exact) mass is 803 g/mol. The van der Waals surface area contributed by atoms with Gasteiger partial charge in [0.05, 0.1) is 16.1 Å². The molecule has 4 aliphatic heterocycles. The Balaban J connectivity index is 0.797. The number of anilines is 1. The molecular formula is C45H50ClN7O5. The van der Waals surface area contributed by atoms with Crippen LogP contribution in [0.4, 0.5) is 5.82 Å². The first-order valence-electron chi connectivity index (χ1n) is 20.3. The van der Waals surface area contributed by atoms with Gasteiger partial charge in [-0.05, 0) is 84.7 Å². The molecule has 3 fully saturated rings. The molecule has 2 saturated heterocycles. The molecule has 302 valence electrons. The van der Waals surface area contributed by atoms with Crippen molar-refractivity contribution in [1.82, 2.24) is 25.4 Å². The number of hydrogen-bond donors (Lipinski definition) is 2. The van der Waals surface area contributed by atoms with E-state index in [-0.39, 0.29) is 53.0 Å². The Morgan fingerprint density at radius 1 is 1.00 bits per heavy atom. The number of nitriles is 1. The zero-order valence-electron chi connectivity index (χ0n) is 33.5. The zero-order valence-corrected chi connectivity index (χ0v) is 34.3. The number of amides is 4. The van der Waals surface area contributed by atoms with E-state index in [0.29, 0.717) is 46.3 Å². The minimum absolute atomic E-state index is 0.141. The molecule has 1 aliphatic carbocycles. The van der Waals surface area contributed by atoms with Gasteiger partial charge >= 0.3 is 0 Å². The van der Waals surface area contributed by atoms with Gasteiger partial charge in [0.2, 0.25) is 11.8 Å². The van der Waals surface area contributed by atoms with E-state index in [1.165, 1.54) is 5.57 Å². The van der Waals surface area contributed by atoms with Crippen LogP contribution in [0.3, 0.4) is 0 Å². The number of ether oxygens (including phenoxy) is 1. The van der Waals surface area contributed by atoms with Gasteiger partial charge < -0.3 is 19.9 Å². The van der Waals surface area contributed by atoms with Crippen LogP contribution in [-0.2, 0) is 16.1 Å². The molecule has 5 aliphatic rings. The quantitative estimate of drug-likeness (QED) is 0.249. The van der Waals surface area contributed by atoms with Crippen LogP contribution in [0, 0.1) is 28.1 Å². The molecule has 1 atom stereocenters. The van der Waals surface area contributed by atoms with Crippen molar-refractivity contribution in [3.05, 3.63) is 93.6 Å². The van der Waals surface area contributed by atoms with E-state index in [1.54, 1.807) is 29.3 Å². The van der Waals surface area contributed by atoms with Crippen LogP contribution in [-0.4, -0.2) is 89.3 Å². The molecule has 58 heavy (non-hydrogen) atoms. The Morgan fingerprint density at radius 2 is 1.78 bits per heavy atom. The molecule has 8 rings (SSSR count). The molecule has 0 spiro atoms. The Labute approximate surface area is 344 Å². The lowest BCUT2D eigenvalue weighted by atomic mass is 9.49. The van der Waals surface area contributed by atoms with Crippen LogP contribution in [0.2, 0.25) is 5.02 Å². The highest BCUT2D eigenvalue weighted by Crippen LogP contribution is 2.55. The van der Waals surface area contributed by atoms with Crippen molar-refractivity contribution >= 4 is 46.6 Å². The number of carbonyl (C=O) groups is 4. The molecular weight excluding hydrogens is 754 g/mol. The molecule has 0 bridgehead atoms. The molecule has 13 heteroatoms. The maximum atomic E-state index is 13.5. The largest absolute Gasteiger partial charge is 0.489 e. The predicted molar refractivity (Wildman–Crippen MR) is 220 cm³/mol. The second kappa shape index (κ2) is 15.5. The maximum absolute atomic E-state index is 13.5. The highest BCUT2D eigenvalue weighted by molar-refractivity contribution is 6.31. The summed E-state index contributed by atoms with van der Waals surface area (Å²) in [5.74, 6) is 1.10. The van der Waals surface area contributed by atoms with Gasteiger partial charge in [0.15, 0.2) is 0 Å². The molecule has 2 N–H and O–H groups in total. The van der Waals surface area contributed by atoms with Crippen molar-refractivity contribution in [2.45, 2.75) is 84.5 Å². The first-order valence-corrected chi connectivity index (χ1v) is 20.7. The van der Waals surface area contributed by atoms with Gasteiger partial charge in [0.25, 0.3) is 11.8 Å². The number of fused-ring (bicyclic) bond motifs is 1. The number of rotatable bonds is 9. The standard InChI is InChI=1S/C45H50ClN7O5/c1-44(2)42(45(3,4)43(44)58-33-8-5-30(23-47)35(46)22-33)50-39(55)31-7-11-37(48-24-31)52-19-13-27(14-20-52)25-51-17-15-28(16-18-51)29-6-9-34-32(21-29)26-53(41(34)57)36-10-12-38(54)49-40(36)56/h5-9,11,15,21-22,24,27,36,42-43H,10,12-14,16-20,25-26H2,1-4H3,(H,50,55)(H,49,54,56). The fraction of sp³-hybridized carbons (Fsp3) is 0.467. The topological polar surface area (TPSA) is 148 Å². The van der Waals surface area contributed by atoms with Gasteiger partial charge in [-0.3, -0.25) is 29.4 Å². The number of nitrogens with one attached hydrogen (secondary N) is 2. The number of aromatic nitrogens is 1. The highest BCUT2D eigenvalue weighted by atomic mass is 35.5. The minimum atomic E-state index is -0.607. The van der Waals surface area contributed by atoms with Gasteiger partial charge in [0.1, 0.15) is 29.8 Å². The van der Waals surface area contributed by atoms with Crippen molar-refractivity contribution in [1.29, 1.82) is 5.26 Å². The summed E-state index contributed by atoms with van der Waals surface area (Å²) in [6.45, 7) is 13.5. The third-order valence-corrected chi connectivity index (χ3v) is 13.4. The number of imide groups is 1. The smallest absolute Gasteiger partial charge is 0.255 e. The molecule has 4 amide bonds.